The third-order valence-electron chi connectivity index (χ3n) is 3.44. The maximum atomic E-state index is 10.8. The van der Waals surface area contributed by atoms with Crippen molar-refractivity contribution in [2.45, 2.75) is 32.1 Å². The van der Waals surface area contributed by atoms with Gasteiger partial charge in [0.2, 0.25) is 0 Å². The molecule has 0 spiro atoms. The van der Waals surface area contributed by atoms with Crippen LogP contribution in [0.4, 0.5) is 11.5 Å². The summed E-state index contributed by atoms with van der Waals surface area (Å²) in [5.41, 5.74) is 0.758. The fourth-order valence-electron chi connectivity index (χ4n) is 2.14. The quantitative estimate of drug-likeness (QED) is 0.609. The van der Waals surface area contributed by atoms with E-state index in [0.717, 1.165) is 18.1 Å². The highest BCUT2D eigenvalue weighted by Gasteiger charge is 2.27. The summed E-state index contributed by atoms with van der Waals surface area (Å²) in [7, 11) is 0. The maximum Gasteiger partial charge on any atom is 0.290 e. The molecule has 0 bridgehead atoms. The predicted molar refractivity (Wildman–Crippen MR) is 74.4 cm³/mol. The largest absolute Gasteiger partial charge is 0.352 e. The molecule has 1 saturated heterocycles. The van der Waals surface area contributed by atoms with Gasteiger partial charge < -0.3 is 4.90 Å². The highest BCUT2D eigenvalue weighted by Crippen LogP contribution is 2.29. The summed E-state index contributed by atoms with van der Waals surface area (Å²) in [6.45, 7) is 7.09. The van der Waals surface area contributed by atoms with E-state index in [1.165, 1.54) is 6.20 Å². The summed E-state index contributed by atoms with van der Waals surface area (Å²) in [6.07, 6.45) is 1.36. The molecule has 0 aromatic carbocycles. The van der Waals surface area contributed by atoms with Crippen LogP contribution in [0.2, 0.25) is 0 Å². The Morgan fingerprint density at radius 3 is 2.89 bits per heavy atom. The zero-order valence-corrected chi connectivity index (χ0v) is 11.6. The lowest BCUT2D eigenvalue weighted by molar-refractivity contribution is -0.385. The number of anilines is 1. The van der Waals surface area contributed by atoms with Crippen LogP contribution in [-0.4, -0.2) is 33.5 Å². The summed E-state index contributed by atoms with van der Waals surface area (Å²) in [5.74, 6) is 1.92. The van der Waals surface area contributed by atoms with Crippen molar-refractivity contribution in [3.63, 3.8) is 0 Å². The molecule has 1 aliphatic rings. The van der Waals surface area contributed by atoms with Gasteiger partial charge in [0.1, 0.15) is 12.0 Å². The van der Waals surface area contributed by atoms with Crippen LogP contribution in [-0.2, 0) is 0 Å². The van der Waals surface area contributed by atoms with Crippen LogP contribution in [0.3, 0.4) is 0 Å². The molecule has 98 valence electrons. The van der Waals surface area contributed by atoms with Gasteiger partial charge in [0.05, 0.1) is 4.92 Å². The SMILES string of the molecule is Cc1cc(N2CCSC(C)C2C)ncc1[N+](=O)[O-]. The second kappa shape index (κ2) is 5.14. The Kier molecular flexibility index (Phi) is 3.75. The molecular weight excluding hydrogens is 250 g/mol. The standard InChI is InChI=1S/C12H17N3O2S/c1-8-6-12(13-7-11(8)15(16)17)14-4-5-18-10(3)9(14)2/h6-7,9-10H,4-5H2,1-3H3. The van der Waals surface area contributed by atoms with Crippen molar-refractivity contribution < 1.29 is 4.92 Å². The summed E-state index contributed by atoms with van der Waals surface area (Å²) >= 11 is 1.96. The van der Waals surface area contributed by atoms with Gasteiger partial charge in [0.25, 0.3) is 5.69 Å². The van der Waals surface area contributed by atoms with Crippen LogP contribution >= 0.6 is 11.8 Å². The van der Waals surface area contributed by atoms with Gasteiger partial charge in [-0.05, 0) is 19.9 Å². The molecule has 0 N–H and O–H groups in total. The first-order valence-electron chi connectivity index (χ1n) is 6.00. The molecule has 1 aromatic rings. The minimum absolute atomic E-state index is 0.0887. The van der Waals surface area contributed by atoms with Crippen LogP contribution in [0.15, 0.2) is 12.3 Å². The van der Waals surface area contributed by atoms with Gasteiger partial charge in [-0.25, -0.2) is 4.98 Å². The van der Waals surface area contributed by atoms with E-state index < -0.39 is 0 Å². The van der Waals surface area contributed by atoms with E-state index in [4.69, 9.17) is 0 Å². The number of hydrogen-bond donors (Lipinski definition) is 0. The first-order chi connectivity index (χ1) is 8.50. The summed E-state index contributed by atoms with van der Waals surface area (Å²) in [5, 5.41) is 11.3. The van der Waals surface area contributed by atoms with Crippen molar-refractivity contribution >= 4 is 23.3 Å². The predicted octanol–water partition coefficient (Wildman–Crippen LogP) is 2.63. The van der Waals surface area contributed by atoms with E-state index in [2.05, 4.69) is 23.7 Å². The molecular formula is C12H17N3O2S. The van der Waals surface area contributed by atoms with Gasteiger partial charge in [-0.2, -0.15) is 11.8 Å². The van der Waals surface area contributed by atoms with Gasteiger partial charge in [-0.1, -0.05) is 6.92 Å². The number of aromatic nitrogens is 1. The Bertz CT molecular complexity index is 467. The minimum Gasteiger partial charge on any atom is -0.352 e. The fraction of sp³-hybridized carbons (Fsp3) is 0.583. The lowest BCUT2D eigenvalue weighted by Crippen LogP contribution is -2.45. The Morgan fingerprint density at radius 1 is 1.56 bits per heavy atom. The van der Waals surface area contributed by atoms with Crippen LogP contribution in [0.5, 0.6) is 0 Å². The average Bonchev–Trinajstić information content (AvgIpc) is 2.32. The summed E-state index contributed by atoms with van der Waals surface area (Å²) < 4.78 is 0. The number of pyridine rings is 1. The van der Waals surface area contributed by atoms with E-state index in [0.29, 0.717) is 16.9 Å². The van der Waals surface area contributed by atoms with Crippen molar-refractivity contribution in [3.8, 4) is 0 Å². The Morgan fingerprint density at radius 2 is 2.28 bits per heavy atom. The normalized spacial score (nSPS) is 24.1. The topological polar surface area (TPSA) is 59.3 Å². The molecule has 0 aliphatic carbocycles. The lowest BCUT2D eigenvalue weighted by atomic mass is 10.2. The number of thioether (sulfide) groups is 1. The molecule has 1 aromatic heterocycles. The van der Waals surface area contributed by atoms with Crippen molar-refractivity contribution in [1.29, 1.82) is 0 Å². The zero-order valence-electron chi connectivity index (χ0n) is 10.8. The fourth-order valence-corrected chi connectivity index (χ4v) is 3.24. The molecule has 0 saturated carbocycles. The molecule has 6 heteroatoms. The number of rotatable bonds is 2. The maximum absolute atomic E-state index is 10.8. The smallest absolute Gasteiger partial charge is 0.290 e. The molecule has 0 radical (unpaired) electrons. The van der Waals surface area contributed by atoms with Gasteiger partial charge in [0.15, 0.2) is 0 Å². The number of nitrogens with zero attached hydrogens (tertiary/aromatic N) is 3. The zero-order chi connectivity index (χ0) is 13.3. The highest BCUT2D eigenvalue weighted by atomic mass is 32.2. The van der Waals surface area contributed by atoms with Gasteiger partial charge in [-0.15, -0.1) is 0 Å². The van der Waals surface area contributed by atoms with Crippen molar-refractivity contribution in [2.24, 2.45) is 0 Å². The molecule has 2 atom stereocenters. The number of hydrogen-bond acceptors (Lipinski definition) is 5. The van der Waals surface area contributed by atoms with Crippen LogP contribution in [0, 0.1) is 17.0 Å². The minimum atomic E-state index is -0.385. The monoisotopic (exact) mass is 267 g/mol. The molecule has 5 nitrogen and oxygen atoms in total. The first-order valence-corrected chi connectivity index (χ1v) is 7.05. The van der Waals surface area contributed by atoms with Crippen molar-refractivity contribution in [1.82, 2.24) is 4.98 Å². The van der Waals surface area contributed by atoms with Crippen LogP contribution < -0.4 is 4.90 Å². The molecule has 1 fully saturated rings. The molecule has 2 heterocycles. The Balaban J connectivity index is 2.28. The average molecular weight is 267 g/mol. The van der Waals surface area contributed by atoms with Gasteiger partial charge >= 0.3 is 0 Å². The third-order valence-corrected chi connectivity index (χ3v) is 4.78. The summed E-state index contributed by atoms with van der Waals surface area (Å²) in [6, 6.07) is 2.22. The number of nitro groups is 1. The van der Waals surface area contributed by atoms with E-state index in [1.807, 2.05) is 17.8 Å². The van der Waals surface area contributed by atoms with Crippen LogP contribution in [0.1, 0.15) is 19.4 Å². The van der Waals surface area contributed by atoms with Crippen LogP contribution in [0.25, 0.3) is 0 Å². The lowest BCUT2D eigenvalue weighted by Gasteiger charge is -2.38. The van der Waals surface area contributed by atoms with Crippen molar-refractivity contribution in [2.75, 3.05) is 17.2 Å². The second-order valence-corrected chi connectivity index (χ2v) is 6.08. The first kappa shape index (κ1) is 13.1. The number of aryl methyl sites for hydroxylation is 1. The Hall–Kier alpha value is -1.30. The van der Waals surface area contributed by atoms with E-state index in [9.17, 15) is 10.1 Å². The second-order valence-electron chi connectivity index (χ2n) is 4.60. The van der Waals surface area contributed by atoms with Crippen molar-refractivity contribution in [3.05, 3.63) is 27.9 Å². The van der Waals surface area contributed by atoms with E-state index in [-0.39, 0.29) is 10.6 Å². The van der Waals surface area contributed by atoms with Gasteiger partial charge in [-0.3, -0.25) is 10.1 Å². The van der Waals surface area contributed by atoms with E-state index >= 15 is 0 Å². The molecule has 2 unspecified atom stereocenters. The molecule has 18 heavy (non-hydrogen) atoms. The molecule has 2 rings (SSSR count). The van der Waals surface area contributed by atoms with E-state index in [1.54, 1.807) is 6.92 Å². The molecule has 1 aliphatic heterocycles. The molecule has 0 amide bonds. The third kappa shape index (κ3) is 2.43. The highest BCUT2D eigenvalue weighted by molar-refractivity contribution is 8.00. The summed E-state index contributed by atoms with van der Waals surface area (Å²) in [4.78, 5) is 16.9. The van der Waals surface area contributed by atoms with Gasteiger partial charge in [0, 0.05) is 29.2 Å². The Labute approximate surface area is 111 Å².